The zero-order valence-electron chi connectivity index (χ0n) is 16.6. The van der Waals surface area contributed by atoms with Crippen molar-refractivity contribution in [1.29, 1.82) is 0 Å². The van der Waals surface area contributed by atoms with Gasteiger partial charge in [0.2, 0.25) is 5.95 Å². The van der Waals surface area contributed by atoms with Crippen molar-refractivity contribution in [1.82, 2.24) is 9.97 Å². The van der Waals surface area contributed by atoms with Crippen LogP contribution in [0.2, 0.25) is 0 Å². The summed E-state index contributed by atoms with van der Waals surface area (Å²) < 4.78 is 23.5. The first-order valence-electron chi connectivity index (χ1n) is 9.44. The average molecular weight is 396 g/mol. The third-order valence-electron chi connectivity index (χ3n) is 4.43. The minimum Gasteiger partial charge on any atom is -0.493 e. The summed E-state index contributed by atoms with van der Waals surface area (Å²) in [6.07, 6.45) is 3.30. The van der Waals surface area contributed by atoms with Gasteiger partial charge in [-0.05, 0) is 54.3 Å². The molecule has 0 aliphatic rings. The molecule has 0 unspecified atom stereocenters. The van der Waals surface area contributed by atoms with E-state index in [0.29, 0.717) is 30.5 Å². The third-order valence-corrected chi connectivity index (χ3v) is 4.43. The fourth-order valence-corrected chi connectivity index (χ4v) is 2.88. The van der Waals surface area contributed by atoms with Gasteiger partial charge < -0.3 is 20.1 Å². The number of rotatable bonds is 10. The molecule has 0 bridgehead atoms. The van der Waals surface area contributed by atoms with E-state index in [1.807, 2.05) is 24.3 Å². The third kappa shape index (κ3) is 6.07. The number of halogens is 1. The molecule has 0 aliphatic carbocycles. The second-order valence-corrected chi connectivity index (χ2v) is 6.43. The van der Waals surface area contributed by atoms with Crippen molar-refractivity contribution in [2.24, 2.45) is 0 Å². The molecular weight excluding hydrogens is 371 g/mol. The first-order chi connectivity index (χ1) is 14.2. The molecule has 0 atom stereocenters. The lowest BCUT2D eigenvalue weighted by molar-refractivity contribution is 0.354. The van der Waals surface area contributed by atoms with Crippen molar-refractivity contribution in [3.63, 3.8) is 0 Å². The van der Waals surface area contributed by atoms with Crippen LogP contribution in [0.5, 0.6) is 11.5 Å². The van der Waals surface area contributed by atoms with E-state index >= 15 is 0 Å². The molecule has 3 rings (SSSR count). The van der Waals surface area contributed by atoms with Gasteiger partial charge >= 0.3 is 0 Å². The van der Waals surface area contributed by atoms with Crippen LogP contribution >= 0.6 is 0 Å². The van der Waals surface area contributed by atoms with Gasteiger partial charge in [-0.1, -0.05) is 18.2 Å². The van der Waals surface area contributed by atoms with Crippen LogP contribution in [0.1, 0.15) is 11.1 Å². The Morgan fingerprint density at radius 1 is 0.828 bits per heavy atom. The van der Waals surface area contributed by atoms with Crippen molar-refractivity contribution >= 4 is 11.8 Å². The normalized spacial score (nSPS) is 10.4. The summed E-state index contributed by atoms with van der Waals surface area (Å²) in [5.74, 6) is 2.52. The van der Waals surface area contributed by atoms with Gasteiger partial charge in [-0.3, -0.25) is 0 Å². The van der Waals surface area contributed by atoms with E-state index < -0.39 is 0 Å². The number of nitrogens with one attached hydrogen (secondary N) is 2. The number of benzene rings is 2. The summed E-state index contributed by atoms with van der Waals surface area (Å²) in [6, 6.07) is 14.2. The fraction of sp³-hybridized carbons (Fsp3) is 0.273. The molecule has 1 aromatic heterocycles. The van der Waals surface area contributed by atoms with E-state index in [1.165, 1.54) is 12.1 Å². The Bertz CT molecular complexity index is 919. The van der Waals surface area contributed by atoms with Crippen molar-refractivity contribution < 1.29 is 13.9 Å². The molecule has 6 nitrogen and oxygen atoms in total. The van der Waals surface area contributed by atoms with E-state index in [9.17, 15) is 4.39 Å². The topological polar surface area (TPSA) is 68.3 Å². The highest BCUT2D eigenvalue weighted by Gasteiger charge is 2.05. The lowest BCUT2D eigenvalue weighted by Gasteiger charge is -2.11. The van der Waals surface area contributed by atoms with Crippen molar-refractivity contribution in [2.45, 2.75) is 12.8 Å². The summed E-state index contributed by atoms with van der Waals surface area (Å²) in [7, 11) is 3.25. The van der Waals surface area contributed by atoms with Crippen LogP contribution in [0, 0.1) is 5.82 Å². The first-order valence-corrected chi connectivity index (χ1v) is 9.44. The van der Waals surface area contributed by atoms with Gasteiger partial charge in [0.15, 0.2) is 11.5 Å². The van der Waals surface area contributed by atoms with Gasteiger partial charge in [0.05, 0.1) is 14.2 Å². The van der Waals surface area contributed by atoms with Gasteiger partial charge in [0, 0.05) is 19.3 Å². The van der Waals surface area contributed by atoms with Crippen LogP contribution in [0.15, 0.2) is 54.7 Å². The lowest BCUT2D eigenvalue weighted by Crippen LogP contribution is -2.11. The minimum atomic E-state index is -0.221. The van der Waals surface area contributed by atoms with Gasteiger partial charge in [0.1, 0.15) is 11.6 Å². The molecule has 3 aromatic rings. The number of ether oxygens (including phenoxy) is 2. The van der Waals surface area contributed by atoms with Crippen molar-refractivity contribution in [2.75, 3.05) is 37.9 Å². The molecule has 0 spiro atoms. The molecule has 29 heavy (non-hydrogen) atoms. The predicted molar refractivity (Wildman–Crippen MR) is 112 cm³/mol. The van der Waals surface area contributed by atoms with E-state index in [4.69, 9.17) is 9.47 Å². The Labute approximate surface area is 170 Å². The highest BCUT2D eigenvalue weighted by molar-refractivity contribution is 5.43. The Morgan fingerprint density at radius 3 is 2.28 bits per heavy atom. The zero-order valence-corrected chi connectivity index (χ0v) is 16.6. The lowest BCUT2D eigenvalue weighted by atomic mass is 10.1. The van der Waals surface area contributed by atoms with Crippen molar-refractivity contribution in [3.8, 4) is 11.5 Å². The Kier molecular flexibility index (Phi) is 7.22. The molecule has 1 heterocycles. The molecule has 152 valence electrons. The Morgan fingerprint density at radius 2 is 1.52 bits per heavy atom. The van der Waals surface area contributed by atoms with E-state index in [0.717, 1.165) is 29.8 Å². The van der Waals surface area contributed by atoms with Gasteiger partial charge in [0.25, 0.3) is 0 Å². The maximum absolute atomic E-state index is 12.9. The summed E-state index contributed by atoms with van der Waals surface area (Å²) in [5, 5.41) is 6.51. The molecule has 2 aromatic carbocycles. The zero-order chi connectivity index (χ0) is 20.5. The molecular formula is C22H25FN4O2. The average Bonchev–Trinajstić information content (AvgIpc) is 2.75. The number of aromatic nitrogens is 2. The summed E-state index contributed by atoms with van der Waals surface area (Å²) in [5.41, 5.74) is 2.20. The number of anilines is 2. The fourth-order valence-electron chi connectivity index (χ4n) is 2.88. The first kappa shape index (κ1) is 20.4. The second-order valence-electron chi connectivity index (χ2n) is 6.43. The van der Waals surface area contributed by atoms with Crippen LogP contribution in [-0.2, 0) is 12.8 Å². The summed E-state index contributed by atoms with van der Waals surface area (Å²) in [6.45, 7) is 1.39. The van der Waals surface area contributed by atoms with Crippen LogP contribution in [0.3, 0.4) is 0 Å². The quantitative estimate of drug-likeness (QED) is 0.541. The van der Waals surface area contributed by atoms with E-state index in [-0.39, 0.29) is 5.82 Å². The summed E-state index contributed by atoms with van der Waals surface area (Å²) in [4.78, 5) is 8.73. The number of nitrogens with zero attached hydrogens (tertiary/aromatic N) is 2. The van der Waals surface area contributed by atoms with Crippen molar-refractivity contribution in [3.05, 3.63) is 71.7 Å². The standard InChI is InChI=1S/C22H25FN4O2/c1-28-19-8-5-17(15-20(19)29-2)10-13-25-22-26-14-11-21(27-22)24-12-9-16-3-6-18(23)7-4-16/h3-8,11,14-15H,9-10,12-13H2,1-2H3,(H2,24,25,26,27). The van der Waals surface area contributed by atoms with Crippen LogP contribution < -0.4 is 20.1 Å². The molecule has 2 N–H and O–H groups in total. The molecule has 0 saturated carbocycles. The van der Waals surface area contributed by atoms with Crippen LogP contribution in [0.4, 0.5) is 16.2 Å². The molecule has 0 fully saturated rings. The molecule has 0 aliphatic heterocycles. The van der Waals surface area contributed by atoms with Gasteiger partial charge in [-0.25, -0.2) is 9.37 Å². The molecule has 0 radical (unpaired) electrons. The maximum atomic E-state index is 12.9. The Hall–Kier alpha value is -3.35. The smallest absolute Gasteiger partial charge is 0.224 e. The highest BCUT2D eigenvalue weighted by atomic mass is 19.1. The highest BCUT2D eigenvalue weighted by Crippen LogP contribution is 2.27. The van der Waals surface area contributed by atoms with Gasteiger partial charge in [-0.2, -0.15) is 4.98 Å². The minimum absolute atomic E-state index is 0.221. The SMILES string of the molecule is COc1ccc(CCNc2nccc(NCCc3ccc(F)cc3)n2)cc1OC. The molecule has 0 amide bonds. The monoisotopic (exact) mass is 396 g/mol. The predicted octanol–water partition coefficient (Wildman–Crippen LogP) is 3.94. The molecule has 0 saturated heterocycles. The van der Waals surface area contributed by atoms with Crippen LogP contribution in [0.25, 0.3) is 0 Å². The van der Waals surface area contributed by atoms with E-state index in [2.05, 4.69) is 20.6 Å². The van der Waals surface area contributed by atoms with Gasteiger partial charge in [-0.15, -0.1) is 0 Å². The maximum Gasteiger partial charge on any atom is 0.224 e. The summed E-state index contributed by atoms with van der Waals surface area (Å²) >= 11 is 0. The number of hydrogen-bond acceptors (Lipinski definition) is 6. The number of hydrogen-bond donors (Lipinski definition) is 2. The second kappa shape index (κ2) is 10.3. The number of methoxy groups -OCH3 is 2. The molecule has 7 heteroatoms. The Balaban J connectivity index is 1.47. The van der Waals surface area contributed by atoms with Crippen LogP contribution in [-0.4, -0.2) is 37.3 Å². The van der Waals surface area contributed by atoms with E-state index in [1.54, 1.807) is 32.5 Å². The largest absolute Gasteiger partial charge is 0.493 e.